The highest BCUT2D eigenvalue weighted by atomic mass is 16.5. The van der Waals surface area contributed by atoms with Crippen molar-refractivity contribution in [2.75, 3.05) is 6.61 Å². The fourth-order valence-electron chi connectivity index (χ4n) is 2.36. The maximum Gasteiger partial charge on any atom is 0.258 e. The van der Waals surface area contributed by atoms with E-state index < -0.39 is 0 Å². The number of aromatic nitrogens is 3. The molecule has 0 bridgehead atoms. The summed E-state index contributed by atoms with van der Waals surface area (Å²) in [5.41, 5.74) is 1.39. The second-order valence-corrected chi connectivity index (χ2v) is 4.95. The van der Waals surface area contributed by atoms with Gasteiger partial charge in [0.2, 0.25) is 5.88 Å². The van der Waals surface area contributed by atoms with Gasteiger partial charge in [-0.1, -0.05) is 25.1 Å². The zero-order valence-corrected chi connectivity index (χ0v) is 12.2. The van der Waals surface area contributed by atoms with Gasteiger partial charge in [0.05, 0.1) is 18.4 Å². The molecule has 0 unspecified atom stereocenters. The van der Waals surface area contributed by atoms with Crippen molar-refractivity contribution in [1.82, 2.24) is 14.6 Å². The fraction of sp³-hybridized carbons (Fsp3) is 0.250. The number of rotatable bonds is 5. The Balaban J connectivity index is 1.83. The first-order valence-electron chi connectivity index (χ1n) is 7.19. The molecule has 0 aliphatic rings. The molecule has 0 aliphatic carbocycles. The number of para-hydroxylation sites is 1. The second-order valence-electron chi connectivity index (χ2n) is 4.95. The molecule has 0 saturated carbocycles. The number of aromatic amines is 1. The number of nitrogens with one attached hydrogen (secondary N) is 1. The van der Waals surface area contributed by atoms with Crippen molar-refractivity contribution in [3.05, 3.63) is 58.0 Å². The van der Waals surface area contributed by atoms with E-state index in [-0.39, 0.29) is 17.0 Å². The molecule has 3 aromatic rings. The Morgan fingerprint density at radius 2 is 2.09 bits per heavy atom. The summed E-state index contributed by atoms with van der Waals surface area (Å²) >= 11 is 0. The van der Waals surface area contributed by atoms with Crippen molar-refractivity contribution >= 4 is 5.65 Å². The van der Waals surface area contributed by atoms with Crippen LogP contribution >= 0.6 is 0 Å². The third-order valence-electron chi connectivity index (χ3n) is 3.57. The van der Waals surface area contributed by atoms with Crippen molar-refractivity contribution in [3.63, 3.8) is 0 Å². The minimum atomic E-state index is -0.308. The number of benzene rings is 1. The van der Waals surface area contributed by atoms with Gasteiger partial charge in [0.1, 0.15) is 11.4 Å². The molecule has 2 heterocycles. The number of nitrogens with zero attached hydrogens (tertiary/aromatic N) is 2. The third-order valence-corrected chi connectivity index (χ3v) is 3.57. The van der Waals surface area contributed by atoms with Gasteiger partial charge in [-0.15, -0.1) is 0 Å². The van der Waals surface area contributed by atoms with Gasteiger partial charge < -0.3 is 14.8 Å². The summed E-state index contributed by atoms with van der Waals surface area (Å²) in [6.45, 7) is 2.27. The first kappa shape index (κ1) is 14.2. The Hall–Kier alpha value is -2.76. The summed E-state index contributed by atoms with van der Waals surface area (Å²) < 4.78 is 6.92. The Labute approximate surface area is 127 Å². The summed E-state index contributed by atoms with van der Waals surface area (Å²) in [6, 6.07) is 9.34. The van der Waals surface area contributed by atoms with Gasteiger partial charge in [-0.2, -0.15) is 9.61 Å². The van der Waals surface area contributed by atoms with Crippen LogP contribution in [-0.4, -0.2) is 26.3 Å². The van der Waals surface area contributed by atoms with Crippen LogP contribution in [0.3, 0.4) is 0 Å². The summed E-state index contributed by atoms with van der Waals surface area (Å²) in [5.74, 6) is 0.599. The van der Waals surface area contributed by atoms with Gasteiger partial charge in [0.25, 0.3) is 5.56 Å². The first-order valence-corrected chi connectivity index (χ1v) is 7.19. The van der Waals surface area contributed by atoms with Crippen molar-refractivity contribution in [2.45, 2.75) is 19.8 Å². The topological polar surface area (TPSA) is 79.6 Å². The molecule has 2 aromatic heterocycles. The quantitative estimate of drug-likeness (QED) is 0.754. The standard InChI is InChI=1S/C16H17N3O3/c1-2-11-10-17-19-14(11)18-15(20)13(16(19)21)8-9-22-12-6-4-3-5-7-12/h3-7,10,21H,2,8-9H2,1H3,(H,18,20). The van der Waals surface area contributed by atoms with Crippen LogP contribution in [-0.2, 0) is 12.8 Å². The number of aromatic hydroxyl groups is 1. The van der Waals surface area contributed by atoms with E-state index in [0.29, 0.717) is 18.7 Å². The monoisotopic (exact) mass is 299 g/mol. The molecule has 0 radical (unpaired) electrons. The molecule has 114 valence electrons. The van der Waals surface area contributed by atoms with Crippen LogP contribution < -0.4 is 10.3 Å². The van der Waals surface area contributed by atoms with Crippen LogP contribution in [0.1, 0.15) is 18.1 Å². The van der Waals surface area contributed by atoms with Gasteiger partial charge in [-0.05, 0) is 18.6 Å². The zero-order valence-electron chi connectivity index (χ0n) is 12.2. The lowest BCUT2D eigenvalue weighted by atomic mass is 10.2. The van der Waals surface area contributed by atoms with E-state index in [2.05, 4.69) is 10.1 Å². The lowest BCUT2D eigenvalue weighted by Gasteiger charge is -2.08. The van der Waals surface area contributed by atoms with Crippen LogP contribution in [0.15, 0.2) is 41.3 Å². The van der Waals surface area contributed by atoms with Gasteiger partial charge in [-0.25, -0.2) is 0 Å². The predicted molar refractivity (Wildman–Crippen MR) is 82.5 cm³/mol. The molecule has 0 spiro atoms. The molecule has 3 rings (SSSR count). The summed E-state index contributed by atoms with van der Waals surface area (Å²) in [5, 5.41) is 14.4. The van der Waals surface area contributed by atoms with E-state index in [4.69, 9.17) is 4.74 Å². The molecule has 0 amide bonds. The van der Waals surface area contributed by atoms with Crippen LogP contribution in [0.25, 0.3) is 5.65 Å². The van der Waals surface area contributed by atoms with E-state index in [1.54, 1.807) is 6.20 Å². The lowest BCUT2D eigenvalue weighted by molar-refractivity contribution is 0.317. The third kappa shape index (κ3) is 2.55. The van der Waals surface area contributed by atoms with E-state index in [1.165, 1.54) is 4.52 Å². The molecular weight excluding hydrogens is 282 g/mol. The van der Waals surface area contributed by atoms with Crippen molar-refractivity contribution < 1.29 is 9.84 Å². The number of hydrogen-bond donors (Lipinski definition) is 2. The lowest BCUT2D eigenvalue weighted by Crippen LogP contribution is -2.18. The van der Waals surface area contributed by atoms with E-state index in [9.17, 15) is 9.90 Å². The summed E-state index contributed by atoms with van der Waals surface area (Å²) in [4.78, 5) is 14.9. The largest absolute Gasteiger partial charge is 0.493 e. The van der Waals surface area contributed by atoms with Gasteiger partial charge in [0.15, 0.2) is 0 Å². The molecule has 2 N–H and O–H groups in total. The van der Waals surface area contributed by atoms with Gasteiger partial charge in [-0.3, -0.25) is 4.79 Å². The number of fused-ring (bicyclic) bond motifs is 1. The number of H-pyrrole nitrogens is 1. The first-order chi connectivity index (χ1) is 10.7. The summed E-state index contributed by atoms with van der Waals surface area (Å²) in [7, 11) is 0. The minimum absolute atomic E-state index is 0.130. The van der Waals surface area contributed by atoms with Crippen LogP contribution in [0.2, 0.25) is 0 Å². The molecule has 22 heavy (non-hydrogen) atoms. The fourth-order valence-corrected chi connectivity index (χ4v) is 2.36. The second kappa shape index (κ2) is 5.93. The highest BCUT2D eigenvalue weighted by Gasteiger charge is 2.14. The summed E-state index contributed by atoms with van der Waals surface area (Å²) in [6.07, 6.45) is 2.68. The van der Waals surface area contributed by atoms with E-state index in [1.807, 2.05) is 37.3 Å². The van der Waals surface area contributed by atoms with Gasteiger partial charge >= 0.3 is 0 Å². The van der Waals surface area contributed by atoms with Crippen molar-refractivity contribution in [3.8, 4) is 11.6 Å². The minimum Gasteiger partial charge on any atom is -0.493 e. The van der Waals surface area contributed by atoms with E-state index in [0.717, 1.165) is 17.7 Å². The number of hydrogen-bond acceptors (Lipinski definition) is 4. The number of ether oxygens (including phenoxy) is 1. The maximum absolute atomic E-state index is 12.2. The molecule has 1 aromatic carbocycles. The zero-order chi connectivity index (χ0) is 15.5. The average Bonchev–Trinajstić information content (AvgIpc) is 2.94. The molecule has 0 fully saturated rings. The Morgan fingerprint density at radius 1 is 1.32 bits per heavy atom. The average molecular weight is 299 g/mol. The smallest absolute Gasteiger partial charge is 0.258 e. The molecular formula is C16H17N3O3. The SMILES string of the molecule is CCc1cnn2c(O)c(CCOc3ccccc3)c(=O)[nH]c12. The molecule has 0 saturated heterocycles. The molecule has 0 atom stereocenters. The highest BCUT2D eigenvalue weighted by Crippen LogP contribution is 2.18. The van der Waals surface area contributed by atoms with Crippen LogP contribution in [0.4, 0.5) is 0 Å². The van der Waals surface area contributed by atoms with Crippen molar-refractivity contribution in [1.29, 1.82) is 0 Å². The van der Waals surface area contributed by atoms with Crippen LogP contribution in [0.5, 0.6) is 11.6 Å². The molecule has 6 nitrogen and oxygen atoms in total. The number of aryl methyl sites for hydroxylation is 1. The molecule has 6 heteroatoms. The predicted octanol–water partition coefficient (Wildman–Crippen LogP) is 1.91. The maximum atomic E-state index is 12.2. The van der Waals surface area contributed by atoms with Crippen LogP contribution in [0, 0.1) is 0 Å². The van der Waals surface area contributed by atoms with Crippen molar-refractivity contribution in [2.24, 2.45) is 0 Å². The molecule has 0 aliphatic heterocycles. The Morgan fingerprint density at radius 3 is 2.82 bits per heavy atom. The van der Waals surface area contributed by atoms with E-state index >= 15 is 0 Å². The Kier molecular flexibility index (Phi) is 3.82. The Bertz CT molecular complexity index is 837. The van der Waals surface area contributed by atoms with Gasteiger partial charge in [0, 0.05) is 12.0 Å². The normalized spacial score (nSPS) is 11.0. The highest BCUT2D eigenvalue weighted by molar-refractivity contribution is 5.49.